The number of hydrogen-bond donors (Lipinski definition) is 2. The minimum atomic E-state index is -0.682. The van der Waals surface area contributed by atoms with E-state index in [-0.39, 0.29) is 0 Å². The van der Waals surface area contributed by atoms with Crippen molar-refractivity contribution in [2.75, 3.05) is 10.6 Å². The highest BCUT2D eigenvalue weighted by Gasteiger charge is 2.20. The van der Waals surface area contributed by atoms with Gasteiger partial charge in [0.05, 0.1) is 17.6 Å². The summed E-state index contributed by atoms with van der Waals surface area (Å²) in [5.74, 6) is 0.319. The first-order valence-electron chi connectivity index (χ1n) is 8.28. The van der Waals surface area contributed by atoms with Gasteiger partial charge < -0.3 is 10.1 Å². The Morgan fingerprint density at radius 2 is 2.07 bits per heavy atom. The SMILES string of the molecule is C[C@@H](OC(=O)Nc1c(-c2ccc(NC=O)cn2)nnn1C)c1ccccc1Cl. The number of rotatable bonds is 6. The Morgan fingerprint density at radius 1 is 1.29 bits per heavy atom. The molecule has 0 aliphatic rings. The van der Waals surface area contributed by atoms with Crippen molar-refractivity contribution in [3.8, 4) is 11.4 Å². The van der Waals surface area contributed by atoms with Crippen LogP contribution in [0, 0.1) is 0 Å². The van der Waals surface area contributed by atoms with Crippen molar-refractivity contribution in [2.24, 2.45) is 7.05 Å². The molecule has 0 radical (unpaired) electrons. The van der Waals surface area contributed by atoms with Crippen molar-refractivity contribution in [1.82, 2.24) is 20.0 Å². The zero-order valence-electron chi connectivity index (χ0n) is 15.1. The molecule has 2 N–H and O–H groups in total. The molecule has 2 amide bonds. The van der Waals surface area contributed by atoms with E-state index in [9.17, 15) is 9.59 Å². The molecule has 0 bridgehead atoms. The molecule has 0 aliphatic carbocycles. The summed E-state index contributed by atoms with van der Waals surface area (Å²) in [5, 5.41) is 13.6. The lowest BCUT2D eigenvalue weighted by atomic mass is 10.1. The summed E-state index contributed by atoms with van der Waals surface area (Å²) in [5.41, 5.74) is 2.06. The third-order valence-corrected chi connectivity index (χ3v) is 4.25. The van der Waals surface area contributed by atoms with Gasteiger partial charge in [0.25, 0.3) is 0 Å². The van der Waals surface area contributed by atoms with Crippen molar-refractivity contribution in [2.45, 2.75) is 13.0 Å². The van der Waals surface area contributed by atoms with Crippen LogP contribution in [0.25, 0.3) is 11.4 Å². The van der Waals surface area contributed by atoms with Gasteiger partial charge in [0, 0.05) is 17.6 Å². The highest BCUT2D eigenvalue weighted by molar-refractivity contribution is 6.31. The van der Waals surface area contributed by atoms with Crippen molar-refractivity contribution in [3.63, 3.8) is 0 Å². The first-order valence-corrected chi connectivity index (χ1v) is 8.65. The predicted octanol–water partition coefficient (Wildman–Crippen LogP) is 3.41. The van der Waals surface area contributed by atoms with Gasteiger partial charge in [-0.05, 0) is 25.1 Å². The number of hydrogen-bond acceptors (Lipinski definition) is 6. The Balaban J connectivity index is 1.75. The summed E-state index contributed by atoms with van der Waals surface area (Å²) in [7, 11) is 1.63. The Labute approximate surface area is 165 Å². The summed E-state index contributed by atoms with van der Waals surface area (Å²) < 4.78 is 6.81. The number of nitrogens with one attached hydrogen (secondary N) is 2. The van der Waals surface area contributed by atoms with Crippen molar-refractivity contribution in [3.05, 3.63) is 53.2 Å². The van der Waals surface area contributed by atoms with E-state index in [1.54, 1.807) is 44.3 Å². The number of anilines is 2. The summed E-state index contributed by atoms with van der Waals surface area (Å²) in [6.07, 6.45) is 0.797. The monoisotopic (exact) mass is 400 g/mol. The third kappa shape index (κ3) is 4.26. The van der Waals surface area contributed by atoms with Gasteiger partial charge in [0.2, 0.25) is 6.41 Å². The number of amides is 2. The molecule has 2 heterocycles. The Morgan fingerprint density at radius 3 is 2.75 bits per heavy atom. The molecule has 1 aromatic carbocycles. The quantitative estimate of drug-likeness (QED) is 0.613. The topological polar surface area (TPSA) is 111 Å². The largest absolute Gasteiger partial charge is 0.441 e. The molecular weight excluding hydrogens is 384 g/mol. The van der Waals surface area contributed by atoms with Gasteiger partial charge in [-0.15, -0.1) is 5.10 Å². The number of pyridine rings is 1. The van der Waals surface area contributed by atoms with Gasteiger partial charge in [-0.25, -0.2) is 9.48 Å². The van der Waals surface area contributed by atoms with Crippen LogP contribution in [0.5, 0.6) is 0 Å². The molecule has 0 saturated heterocycles. The number of benzene rings is 1. The second-order valence-corrected chi connectivity index (χ2v) is 6.21. The second kappa shape index (κ2) is 8.49. The number of ether oxygens (including phenoxy) is 1. The standard InChI is InChI=1S/C18H17ClN6O3/c1-11(13-5-3-4-6-14(13)19)28-18(27)22-17-16(23-24-25(17)2)15-8-7-12(9-20-15)21-10-26/h3-11H,1-2H3,(H,21,26)(H,22,27)/t11-/m1/s1. The van der Waals surface area contributed by atoms with E-state index < -0.39 is 12.2 Å². The molecule has 10 heteroatoms. The van der Waals surface area contributed by atoms with Gasteiger partial charge in [0.15, 0.2) is 11.5 Å². The highest BCUT2D eigenvalue weighted by Crippen LogP contribution is 2.27. The van der Waals surface area contributed by atoms with E-state index in [4.69, 9.17) is 16.3 Å². The summed E-state index contributed by atoms with van der Waals surface area (Å²) in [6.45, 7) is 1.73. The fourth-order valence-electron chi connectivity index (χ4n) is 2.51. The minimum Gasteiger partial charge on any atom is -0.441 e. The van der Waals surface area contributed by atoms with Crippen LogP contribution in [0.4, 0.5) is 16.3 Å². The number of carbonyl (C=O) groups is 2. The minimum absolute atomic E-state index is 0.319. The lowest BCUT2D eigenvalue weighted by Gasteiger charge is -2.15. The number of aromatic nitrogens is 4. The molecule has 0 spiro atoms. The Hall–Kier alpha value is -3.46. The van der Waals surface area contributed by atoms with Crippen molar-refractivity contribution < 1.29 is 14.3 Å². The van der Waals surface area contributed by atoms with E-state index in [0.717, 1.165) is 0 Å². The molecule has 0 unspecified atom stereocenters. The number of aryl methyl sites for hydroxylation is 1. The summed E-state index contributed by atoms with van der Waals surface area (Å²) in [4.78, 5) is 27.1. The lowest BCUT2D eigenvalue weighted by Crippen LogP contribution is -2.18. The molecule has 144 valence electrons. The molecule has 0 fully saturated rings. The van der Waals surface area contributed by atoms with Crippen LogP contribution >= 0.6 is 11.6 Å². The molecule has 3 aromatic rings. The van der Waals surface area contributed by atoms with Crippen LogP contribution in [-0.2, 0) is 16.6 Å². The molecule has 0 saturated carbocycles. The highest BCUT2D eigenvalue weighted by atomic mass is 35.5. The van der Waals surface area contributed by atoms with Gasteiger partial charge in [-0.1, -0.05) is 35.0 Å². The zero-order chi connectivity index (χ0) is 20.1. The van der Waals surface area contributed by atoms with Crippen molar-refractivity contribution >= 4 is 35.6 Å². The second-order valence-electron chi connectivity index (χ2n) is 5.80. The normalized spacial score (nSPS) is 11.5. The fraction of sp³-hybridized carbons (Fsp3) is 0.167. The van der Waals surface area contributed by atoms with Gasteiger partial charge >= 0.3 is 6.09 Å². The molecule has 3 rings (SSSR count). The number of carbonyl (C=O) groups excluding carboxylic acids is 2. The smallest absolute Gasteiger partial charge is 0.413 e. The molecular formula is C18H17ClN6O3. The van der Waals surface area contributed by atoms with Crippen LogP contribution in [0.1, 0.15) is 18.6 Å². The van der Waals surface area contributed by atoms with Crippen LogP contribution in [0.2, 0.25) is 5.02 Å². The molecule has 0 aliphatic heterocycles. The fourth-order valence-corrected chi connectivity index (χ4v) is 2.80. The lowest BCUT2D eigenvalue weighted by molar-refractivity contribution is -0.105. The average Bonchev–Trinajstić information content (AvgIpc) is 3.03. The number of halogens is 1. The van der Waals surface area contributed by atoms with Gasteiger partial charge in [0.1, 0.15) is 6.10 Å². The molecule has 9 nitrogen and oxygen atoms in total. The van der Waals surface area contributed by atoms with E-state index in [1.807, 2.05) is 6.07 Å². The van der Waals surface area contributed by atoms with Crippen LogP contribution in [0.15, 0.2) is 42.6 Å². The first kappa shape index (κ1) is 19.3. The van der Waals surface area contributed by atoms with Gasteiger partial charge in [-0.3, -0.25) is 15.1 Å². The summed E-state index contributed by atoms with van der Waals surface area (Å²) in [6, 6.07) is 10.4. The molecule has 28 heavy (non-hydrogen) atoms. The van der Waals surface area contributed by atoms with Crippen LogP contribution < -0.4 is 10.6 Å². The first-order chi connectivity index (χ1) is 13.5. The van der Waals surface area contributed by atoms with Crippen LogP contribution in [0.3, 0.4) is 0 Å². The van der Waals surface area contributed by atoms with Crippen molar-refractivity contribution in [1.29, 1.82) is 0 Å². The third-order valence-electron chi connectivity index (χ3n) is 3.91. The van der Waals surface area contributed by atoms with Gasteiger partial charge in [-0.2, -0.15) is 0 Å². The van der Waals surface area contributed by atoms with E-state index in [1.165, 1.54) is 10.9 Å². The molecule has 1 atom stereocenters. The van der Waals surface area contributed by atoms with E-state index in [2.05, 4.69) is 25.9 Å². The zero-order valence-corrected chi connectivity index (χ0v) is 15.8. The Kier molecular flexibility index (Phi) is 5.85. The Bertz CT molecular complexity index is 989. The molecule has 2 aromatic heterocycles. The van der Waals surface area contributed by atoms with Crippen LogP contribution in [-0.4, -0.2) is 32.5 Å². The maximum Gasteiger partial charge on any atom is 0.413 e. The summed E-state index contributed by atoms with van der Waals surface area (Å²) >= 11 is 6.14. The van der Waals surface area contributed by atoms with E-state index >= 15 is 0 Å². The maximum absolute atomic E-state index is 12.4. The number of nitrogens with zero attached hydrogens (tertiary/aromatic N) is 4. The maximum atomic E-state index is 12.4. The van der Waals surface area contributed by atoms with E-state index in [0.29, 0.717) is 39.9 Å². The average molecular weight is 401 g/mol. The predicted molar refractivity (Wildman–Crippen MR) is 104 cm³/mol.